The Kier molecular flexibility index (Phi) is 8.75. The molecule has 1 unspecified atom stereocenters. The number of likely N-dealkylation sites (N-methyl/N-ethyl adjacent to an activating group) is 1. The molecule has 0 aliphatic carbocycles. The van der Waals surface area contributed by atoms with Crippen LogP contribution in [0.15, 0.2) is 47.4 Å². The molecule has 7 nitrogen and oxygen atoms in total. The summed E-state index contributed by atoms with van der Waals surface area (Å²) in [7, 11) is 1.60. The summed E-state index contributed by atoms with van der Waals surface area (Å²) in [4.78, 5) is 15.2. The summed E-state index contributed by atoms with van der Waals surface area (Å²) in [6.07, 6.45) is 3.74. The summed E-state index contributed by atoms with van der Waals surface area (Å²) < 4.78 is 33.3. The van der Waals surface area contributed by atoms with E-state index in [1.54, 1.807) is 0 Å². The molecule has 0 radical (unpaired) electrons. The second kappa shape index (κ2) is 11.3. The maximum Gasteiger partial charge on any atom is 0.255 e. The minimum Gasteiger partial charge on any atom is -0.496 e. The van der Waals surface area contributed by atoms with Gasteiger partial charge in [0.25, 0.3) is 5.91 Å². The van der Waals surface area contributed by atoms with E-state index < -0.39 is 15.9 Å². The fourth-order valence-electron chi connectivity index (χ4n) is 4.06. The Labute approximate surface area is 201 Å². The maximum atomic E-state index is 13.2. The van der Waals surface area contributed by atoms with Crippen molar-refractivity contribution in [3.05, 3.63) is 58.6 Å². The van der Waals surface area contributed by atoms with Gasteiger partial charge in [-0.1, -0.05) is 42.6 Å². The van der Waals surface area contributed by atoms with Gasteiger partial charge in [0.1, 0.15) is 5.75 Å². The highest BCUT2D eigenvalue weighted by Gasteiger charge is 2.27. The quantitative estimate of drug-likeness (QED) is 0.602. The molecule has 3 rings (SSSR count). The van der Waals surface area contributed by atoms with Gasteiger partial charge in [0.15, 0.2) is 0 Å². The summed E-state index contributed by atoms with van der Waals surface area (Å²) in [5.41, 5.74) is 1.08. The van der Waals surface area contributed by atoms with E-state index in [9.17, 15) is 13.2 Å². The number of carbonyl (C=O) groups is 1. The molecule has 0 spiro atoms. The Bertz CT molecular complexity index is 1070. The summed E-state index contributed by atoms with van der Waals surface area (Å²) in [5.74, 6) is -0.0832. The first-order valence-corrected chi connectivity index (χ1v) is 12.9. The molecule has 0 aromatic heterocycles. The number of sulfonamides is 1. The minimum atomic E-state index is -3.69. The van der Waals surface area contributed by atoms with Gasteiger partial charge in [-0.3, -0.25) is 4.79 Å². The third kappa shape index (κ3) is 6.06. The van der Waals surface area contributed by atoms with Crippen LogP contribution < -0.4 is 10.1 Å². The van der Waals surface area contributed by atoms with Crippen LogP contribution in [0.5, 0.6) is 5.75 Å². The van der Waals surface area contributed by atoms with E-state index in [1.807, 2.05) is 43.3 Å². The highest BCUT2D eigenvalue weighted by atomic mass is 35.5. The smallest absolute Gasteiger partial charge is 0.255 e. The third-order valence-corrected chi connectivity index (χ3v) is 8.20. The van der Waals surface area contributed by atoms with Gasteiger partial charge in [-0.05, 0) is 56.8 Å². The van der Waals surface area contributed by atoms with Crippen molar-refractivity contribution in [2.45, 2.75) is 36.6 Å². The lowest BCUT2D eigenvalue weighted by molar-refractivity contribution is 0.0938. The maximum absolute atomic E-state index is 13.2. The lowest BCUT2D eigenvalue weighted by Gasteiger charge is -2.26. The molecule has 0 saturated carbocycles. The van der Waals surface area contributed by atoms with Crippen molar-refractivity contribution in [2.75, 3.05) is 40.8 Å². The predicted molar refractivity (Wildman–Crippen MR) is 130 cm³/mol. The molecule has 1 amide bonds. The van der Waals surface area contributed by atoms with Crippen LogP contribution in [0.25, 0.3) is 0 Å². The number of methoxy groups -OCH3 is 1. The van der Waals surface area contributed by atoms with Crippen molar-refractivity contribution in [3.63, 3.8) is 0 Å². The van der Waals surface area contributed by atoms with Gasteiger partial charge in [0.05, 0.1) is 23.6 Å². The van der Waals surface area contributed by atoms with Crippen LogP contribution in [0.4, 0.5) is 0 Å². The van der Waals surface area contributed by atoms with E-state index in [0.29, 0.717) is 30.4 Å². The summed E-state index contributed by atoms with van der Waals surface area (Å²) in [6, 6.07) is 11.8. The fourth-order valence-corrected chi connectivity index (χ4v) is 5.86. The molecular weight excluding hydrogens is 462 g/mol. The van der Waals surface area contributed by atoms with Crippen LogP contribution in [0.1, 0.15) is 47.6 Å². The van der Waals surface area contributed by atoms with Gasteiger partial charge in [-0.15, -0.1) is 0 Å². The molecule has 0 bridgehead atoms. The SMILES string of the molecule is COc1ccc(S(=O)(=O)N2CCCCCC2)cc1C(=O)NCC(c1ccccc1Cl)N(C)C. The zero-order chi connectivity index (χ0) is 24.0. The average Bonchev–Trinajstić information content (AvgIpc) is 3.10. The molecule has 1 N–H and O–H groups in total. The van der Waals surface area contributed by atoms with Gasteiger partial charge in [0, 0.05) is 24.7 Å². The van der Waals surface area contributed by atoms with E-state index >= 15 is 0 Å². The Morgan fingerprint density at radius 2 is 1.79 bits per heavy atom. The molecule has 1 saturated heterocycles. The van der Waals surface area contributed by atoms with Crippen molar-refractivity contribution in [2.24, 2.45) is 0 Å². The van der Waals surface area contributed by atoms with E-state index in [4.69, 9.17) is 16.3 Å². The van der Waals surface area contributed by atoms with E-state index in [2.05, 4.69) is 5.32 Å². The van der Waals surface area contributed by atoms with Crippen molar-refractivity contribution in [1.82, 2.24) is 14.5 Å². The molecule has 9 heteroatoms. The van der Waals surface area contributed by atoms with Gasteiger partial charge in [0.2, 0.25) is 10.0 Å². The number of rotatable bonds is 8. The number of halogens is 1. The standard InChI is InChI=1S/C24H32ClN3O4S/c1-27(2)22(19-10-6-7-11-21(19)25)17-26-24(29)20-16-18(12-13-23(20)32-3)33(30,31)28-14-8-4-5-9-15-28/h6-7,10-13,16,22H,4-5,8-9,14-15,17H2,1-3H3,(H,26,29). The molecule has 1 heterocycles. The lowest BCUT2D eigenvalue weighted by Crippen LogP contribution is -2.35. The number of hydrogen-bond acceptors (Lipinski definition) is 5. The number of hydrogen-bond donors (Lipinski definition) is 1. The highest BCUT2D eigenvalue weighted by molar-refractivity contribution is 7.89. The molecule has 2 aromatic carbocycles. The second-order valence-corrected chi connectivity index (χ2v) is 10.7. The summed E-state index contributed by atoms with van der Waals surface area (Å²) >= 11 is 6.37. The fraction of sp³-hybridized carbons (Fsp3) is 0.458. The summed E-state index contributed by atoms with van der Waals surface area (Å²) in [5, 5.41) is 3.54. The second-order valence-electron chi connectivity index (χ2n) is 8.39. The highest BCUT2D eigenvalue weighted by Crippen LogP contribution is 2.28. The van der Waals surface area contributed by atoms with Crippen LogP contribution in [0.3, 0.4) is 0 Å². The number of benzene rings is 2. The predicted octanol–water partition coefficient (Wildman–Crippen LogP) is 3.95. The summed E-state index contributed by atoms with van der Waals surface area (Å²) in [6.45, 7) is 1.29. The number of ether oxygens (including phenoxy) is 1. The number of carbonyl (C=O) groups excluding carboxylic acids is 1. The van der Waals surface area contributed by atoms with Crippen LogP contribution in [0.2, 0.25) is 5.02 Å². The van der Waals surface area contributed by atoms with Crippen molar-refractivity contribution in [3.8, 4) is 5.75 Å². The molecule has 1 aliphatic rings. The monoisotopic (exact) mass is 493 g/mol. The van der Waals surface area contributed by atoms with E-state index in [1.165, 1.54) is 29.6 Å². The number of amides is 1. The third-order valence-electron chi connectivity index (χ3n) is 5.96. The Hall–Kier alpha value is -2.13. The topological polar surface area (TPSA) is 79.0 Å². The van der Waals surface area contributed by atoms with E-state index in [-0.39, 0.29) is 16.5 Å². The number of nitrogens with one attached hydrogen (secondary N) is 1. The van der Waals surface area contributed by atoms with E-state index in [0.717, 1.165) is 31.2 Å². The van der Waals surface area contributed by atoms with Gasteiger partial charge >= 0.3 is 0 Å². The molecule has 1 aliphatic heterocycles. The number of nitrogens with zero attached hydrogens (tertiary/aromatic N) is 2. The minimum absolute atomic E-state index is 0.102. The zero-order valence-corrected chi connectivity index (χ0v) is 21.0. The normalized spacial score (nSPS) is 16.3. The Morgan fingerprint density at radius 1 is 1.12 bits per heavy atom. The first kappa shape index (κ1) is 25.5. The van der Waals surface area contributed by atoms with Gasteiger partial charge in [-0.25, -0.2) is 8.42 Å². The molecule has 180 valence electrons. The first-order valence-electron chi connectivity index (χ1n) is 11.1. The molecule has 33 heavy (non-hydrogen) atoms. The molecular formula is C24H32ClN3O4S. The van der Waals surface area contributed by atoms with Gasteiger partial charge < -0.3 is 15.0 Å². The molecule has 1 fully saturated rings. The average molecular weight is 494 g/mol. The van der Waals surface area contributed by atoms with Crippen LogP contribution >= 0.6 is 11.6 Å². The lowest BCUT2D eigenvalue weighted by atomic mass is 10.1. The molecule has 1 atom stereocenters. The first-order chi connectivity index (χ1) is 15.8. The van der Waals surface area contributed by atoms with Gasteiger partial charge in [-0.2, -0.15) is 4.31 Å². The Balaban J connectivity index is 1.84. The molecule has 2 aromatic rings. The van der Waals surface area contributed by atoms with Crippen molar-refractivity contribution in [1.29, 1.82) is 0 Å². The van der Waals surface area contributed by atoms with Crippen LogP contribution in [0, 0.1) is 0 Å². The van der Waals surface area contributed by atoms with Crippen molar-refractivity contribution < 1.29 is 17.9 Å². The Morgan fingerprint density at radius 3 is 2.39 bits per heavy atom. The zero-order valence-electron chi connectivity index (χ0n) is 19.4. The van der Waals surface area contributed by atoms with Crippen LogP contribution in [-0.4, -0.2) is 64.4 Å². The largest absolute Gasteiger partial charge is 0.496 e. The van der Waals surface area contributed by atoms with Crippen molar-refractivity contribution >= 4 is 27.5 Å². The van der Waals surface area contributed by atoms with Crippen LogP contribution in [-0.2, 0) is 10.0 Å².